The van der Waals surface area contributed by atoms with E-state index in [4.69, 9.17) is 9.47 Å². The van der Waals surface area contributed by atoms with Gasteiger partial charge in [0.25, 0.3) is 0 Å². The van der Waals surface area contributed by atoms with Crippen LogP contribution in [0.4, 0.5) is 0 Å². The molecule has 2 bridgehead atoms. The molecule has 4 aliphatic rings. The fraction of sp³-hybridized carbons (Fsp3) is 0.816. The number of hydrogen-bond donors (Lipinski definition) is 3. The maximum absolute atomic E-state index is 14.8. The predicted molar refractivity (Wildman–Crippen MR) is 177 cm³/mol. The lowest BCUT2D eigenvalue weighted by Gasteiger charge is -2.49. The highest BCUT2D eigenvalue weighted by Gasteiger charge is 2.83. The number of allylic oxidation sites excluding steroid dienone is 1. The highest BCUT2D eigenvalue weighted by molar-refractivity contribution is 5.96. The highest BCUT2D eigenvalue weighted by atomic mass is 16.6. The topological polar surface area (TPSA) is 130 Å². The molecule has 46 heavy (non-hydrogen) atoms. The van der Waals surface area contributed by atoms with Gasteiger partial charge in [-0.25, -0.2) is 0 Å². The Balaban J connectivity index is 1.57. The van der Waals surface area contributed by atoms with Crippen molar-refractivity contribution in [3.05, 3.63) is 23.3 Å². The van der Waals surface area contributed by atoms with Gasteiger partial charge in [-0.3, -0.25) is 14.4 Å². The van der Waals surface area contributed by atoms with Gasteiger partial charge in [0.15, 0.2) is 17.5 Å². The average Bonchev–Trinajstić information content (AvgIpc) is 3.41. The minimum atomic E-state index is -2.22. The average molecular weight is 645 g/mol. The van der Waals surface area contributed by atoms with Crippen molar-refractivity contribution in [2.24, 2.45) is 28.6 Å². The standard InChI is InChI=1S/C38H60O8/c1-7-9-11-12-13-14-15-16-18-20-30(41)46-37-23-26(4)36-22-25(3)34(45-29(40)19-17-10-8-2)38(36,44)32(42)27(24-39)21-28(33(36)43)31(37)35(37,5)6/h21-22,26,28,31-32,34,39,42,44H,7-20,23-24H2,1-6H3/t26?,28-,31+,32+,34-,36-,37-,38-/m0/s1. The van der Waals surface area contributed by atoms with Crippen LogP contribution in [-0.2, 0) is 23.9 Å². The van der Waals surface area contributed by atoms with E-state index in [1.54, 1.807) is 19.1 Å². The first-order valence-electron chi connectivity index (χ1n) is 18.2. The van der Waals surface area contributed by atoms with Crippen molar-refractivity contribution in [2.75, 3.05) is 6.61 Å². The first-order chi connectivity index (χ1) is 21.8. The van der Waals surface area contributed by atoms with Gasteiger partial charge in [-0.05, 0) is 43.3 Å². The molecule has 2 fully saturated rings. The van der Waals surface area contributed by atoms with E-state index in [-0.39, 0.29) is 29.7 Å². The molecule has 0 saturated heterocycles. The number of aliphatic hydroxyl groups excluding tert-OH is 2. The van der Waals surface area contributed by atoms with Crippen LogP contribution in [-0.4, -0.2) is 63.1 Å². The molecular formula is C38H60O8. The van der Waals surface area contributed by atoms with Gasteiger partial charge in [-0.15, -0.1) is 0 Å². The zero-order valence-corrected chi connectivity index (χ0v) is 29.2. The Hall–Kier alpha value is -2.03. The molecular weight excluding hydrogens is 584 g/mol. The Morgan fingerprint density at radius 3 is 2.07 bits per heavy atom. The minimum absolute atomic E-state index is 0.115. The lowest BCUT2D eigenvalue weighted by atomic mass is 9.59. The van der Waals surface area contributed by atoms with Crippen molar-refractivity contribution in [3.8, 4) is 0 Å². The van der Waals surface area contributed by atoms with Gasteiger partial charge in [0.05, 0.1) is 12.0 Å². The van der Waals surface area contributed by atoms with Crippen LogP contribution < -0.4 is 0 Å². The summed E-state index contributed by atoms with van der Waals surface area (Å²) in [7, 11) is 0. The van der Waals surface area contributed by atoms with Crippen LogP contribution in [0.1, 0.15) is 138 Å². The third kappa shape index (κ3) is 6.16. The Labute approximate surface area is 276 Å². The SMILES string of the molecule is CCCCCCCCCCCC(=O)O[C@@]12CC(C)[C@]34C=C(C)[C@H](OC(=O)CCCCC)[C@@]3(O)[C@H](O)C(CO)=C[C@H](C4=O)[C@@H]1C2(C)C. The van der Waals surface area contributed by atoms with Crippen LogP contribution >= 0.6 is 0 Å². The van der Waals surface area contributed by atoms with Crippen molar-refractivity contribution in [1.29, 1.82) is 0 Å². The third-order valence-electron chi connectivity index (χ3n) is 12.0. The highest BCUT2D eigenvalue weighted by Crippen LogP contribution is 2.75. The first kappa shape index (κ1) is 36.8. The summed E-state index contributed by atoms with van der Waals surface area (Å²) in [6.07, 6.45) is 13.9. The summed E-state index contributed by atoms with van der Waals surface area (Å²) in [5.74, 6) is -2.83. The van der Waals surface area contributed by atoms with E-state index in [0.29, 0.717) is 24.8 Å². The number of Topliss-reactive ketones (excluding diaryl/α,β-unsaturated/α-hetero) is 1. The van der Waals surface area contributed by atoms with Crippen molar-refractivity contribution in [3.63, 3.8) is 0 Å². The van der Waals surface area contributed by atoms with Crippen molar-refractivity contribution in [1.82, 2.24) is 0 Å². The molecule has 2 saturated carbocycles. The second-order valence-electron chi connectivity index (χ2n) is 15.3. The number of carbonyl (C=O) groups is 3. The second kappa shape index (κ2) is 14.6. The van der Waals surface area contributed by atoms with E-state index in [0.717, 1.165) is 32.1 Å². The van der Waals surface area contributed by atoms with Crippen LogP contribution in [0.3, 0.4) is 0 Å². The number of carbonyl (C=O) groups excluding carboxylic acids is 3. The Bertz CT molecular complexity index is 1190. The Morgan fingerprint density at radius 1 is 0.913 bits per heavy atom. The van der Waals surface area contributed by atoms with Gasteiger partial charge in [0, 0.05) is 30.1 Å². The number of aliphatic hydroxyl groups is 3. The predicted octanol–water partition coefficient (Wildman–Crippen LogP) is 6.53. The summed E-state index contributed by atoms with van der Waals surface area (Å²) < 4.78 is 12.3. The van der Waals surface area contributed by atoms with E-state index in [9.17, 15) is 29.7 Å². The van der Waals surface area contributed by atoms with E-state index in [2.05, 4.69) is 6.92 Å². The summed E-state index contributed by atoms with van der Waals surface area (Å²) in [6, 6.07) is 0. The maximum atomic E-state index is 14.8. The number of ketones is 1. The summed E-state index contributed by atoms with van der Waals surface area (Å²) in [4.78, 5) is 41.2. The number of fused-ring (bicyclic) bond motifs is 3. The van der Waals surface area contributed by atoms with Gasteiger partial charge >= 0.3 is 11.9 Å². The van der Waals surface area contributed by atoms with E-state index >= 15 is 0 Å². The van der Waals surface area contributed by atoms with Gasteiger partial charge in [0.1, 0.15) is 11.7 Å². The summed E-state index contributed by atoms with van der Waals surface area (Å²) in [6.45, 7) is 11.3. The number of unbranched alkanes of at least 4 members (excludes halogenated alkanes) is 10. The molecule has 8 heteroatoms. The van der Waals surface area contributed by atoms with Crippen LogP contribution in [0.15, 0.2) is 23.3 Å². The summed E-state index contributed by atoms with van der Waals surface area (Å²) >= 11 is 0. The van der Waals surface area contributed by atoms with E-state index < -0.39 is 58.7 Å². The fourth-order valence-corrected chi connectivity index (χ4v) is 9.44. The molecule has 0 radical (unpaired) electrons. The summed E-state index contributed by atoms with van der Waals surface area (Å²) in [5, 5.41) is 34.9. The van der Waals surface area contributed by atoms with E-state index in [1.807, 2.05) is 27.7 Å². The normalized spacial score (nSPS) is 35.7. The zero-order chi connectivity index (χ0) is 33.9. The van der Waals surface area contributed by atoms with Gasteiger partial charge in [-0.2, -0.15) is 0 Å². The Morgan fingerprint density at radius 2 is 1.46 bits per heavy atom. The molecule has 0 aromatic carbocycles. The molecule has 0 amide bonds. The van der Waals surface area contributed by atoms with Gasteiger partial charge in [-0.1, -0.05) is 111 Å². The van der Waals surface area contributed by atoms with E-state index in [1.165, 1.54) is 38.5 Å². The molecule has 4 rings (SSSR count). The largest absolute Gasteiger partial charge is 0.458 e. The van der Waals surface area contributed by atoms with Crippen LogP contribution in [0, 0.1) is 28.6 Å². The van der Waals surface area contributed by atoms with Crippen LogP contribution in [0.25, 0.3) is 0 Å². The number of ether oxygens (including phenoxy) is 2. The quantitative estimate of drug-likeness (QED) is 0.0926. The zero-order valence-electron chi connectivity index (χ0n) is 29.2. The third-order valence-corrected chi connectivity index (χ3v) is 12.0. The number of rotatable bonds is 17. The molecule has 8 atom stereocenters. The smallest absolute Gasteiger partial charge is 0.306 e. The van der Waals surface area contributed by atoms with Crippen molar-refractivity contribution < 1.29 is 39.2 Å². The molecule has 3 N–H and O–H groups in total. The molecule has 260 valence electrons. The van der Waals surface area contributed by atoms with Gasteiger partial charge in [0.2, 0.25) is 0 Å². The van der Waals surface area contributed by atoms with Crippen LogP contribution in [0.2, 0.25) is 0 Å². The maximum Gasteiger partial charge on any atom is 0.306 e. The van der Waals surface area contributed by atoms with Crippen molar-refractivity contribution in [2.45, 2.75) is 161 Å². The second-order valence-corrected chi connectivity index (χ2v) is 15.3. The number of hydrogen-bond acceptors (Lipinski definition) is 8. The molecule has 0 aliphatic heterocycles. The molecule has 0 heterocycles. The minimum Gasteiger partial charge on any atom is -0.458 e. The molecule has 1 spiro atoms. The lowest BCUT2D eigenvalue weighted by Crippen LogP contribution is -2.66. The Kier molecular flexibility index (Phi) is 11.7. The van der Waals surface area contributed by atoms with Crippen molar-refractivity contribution >= 4 is 17.7 Å². The van der Waals surface area contributed by atoms with Crippen LogP contribution in [0.5, 0.6) is 0 Å². The molecule has 8 nitrogen and oxygen atoms in total. The van der Waals surface area contributed by atoms with Gasteiger partial charge < -0.3 is 24.8 Å². The molecule has 4 aliphatic carbocycles. The monoisotopic (exact) mass is 644 g/mol. The molecule has 0 aromatic rings. The first-order valence-corrected chi connectivity index (χ1v) is 18.2. The fourth-order valence-electron chi connectivity index (χ4n) is 9.44. The molecule has 0 aromatic heterocycles. The lowest BCUT2D eigenvalue weighted by molar-refractivity contribution is -0.204. The summed E-state index contributed by atoms with van der Waals surface area (Å²) in [5.41, 5.74) is -4.70. The molecule has 1 unspecified atom stereocenters. The number of esters is 2.